The summed E-state index contributed by atoms with van der Waals surface area (Å²) in [7, 11) is 1.99. The standard InChI is InChI=1S/C21H24N2OS/c1-12-9-15(4)17(16(5)10-12)11-18(24)22-21-23(6)19-13(2)7-8-14(3)20(19)25-21/h7-10H,11H2,1-6H3. The summed E-state index contributed by atoms with van der Waals surface area (Å²) in [5.41, 5.74) is 8.24. The lowest BCUT2D eigenvalue weighted by Crippen LogP contribution is -2.15. The number of fused-ring (bicyclic) bond motifs is 1. The third-order valence-electron chi connectivity index (χ3n) is 4.73. The monoisotopic (exact) mass is 352 g/mol. The van der Waals surface area contributed by atoms with E-state index >= 15 is 0 Å². The Balaban J connectivity index is 2.03. The highest BCUT2D eigenvalue weighted by Gasteiger charge is 2.12. The molecule has 1 heterocycles. The van der Waals surface area contributed by atoms with Gasteiger partial charge in [0.25, 0.3) is 5.91 Å². The van der Waals surface area contributed by atoms with Crippen molar-refractivity contribution in [3.63, 3.8) is 0 Å². The molecular formula is C21H24N2OS. The SMILES string of the molecule is Cc1cc(C)c(CC(=O)N=c2sc3c(C)ccc(C)c3n2C)c(C)c1. The number of thiazole rings is 1. The summed E-state index contributed by atoms with van der Waals surface area (Å²) in [4.78, 5) is 17.8. The number of carbonyl (C=O) groups excluding carboxylic acids is 1. The topological polar surface area (TPSA) is 34.4 Å². The third kappa shape index (κ3) is 3.31. The molecule has 1 amide bonds. The van der Waals surface area contributed by atoms with Crippen molar-refractivity contribution in [1.29, 1.82) is 0 Å². The van der Waals surface area contributed by atoms with Crippen LogP contribution in [0.25, 0.3) is 10.2 Å². The number of benzene rings is 2. The second-order valence-electron chi connectivity index (χ2n) is 6.88. The van der Waals surface area contributed by atoms with Crippen molar-refractivity contribution in [3.8, 4) is 0 Å². The van der Waals surface area contributed by atoms with Crippen molar-refractivity contribution in [2.45, 2.75) is 41.0 Å². The Hall–Kier alpha value is -2.20. The van der Waals surface area contributed by atoms with Crippen molar-refractivity contribution < 1.29 is 4.79 Å². The van der Waals surface area contributed by atoms with Crippen LogP contribution >= 0.6 is 11.3 Å². The first kappa shape index (κ1) is 17.6. The van der Waals surface area contributed by atoms with Crippen LogP contribution in [0.1, 0.15) is 33.4 Å². The van der Waals surface area contributed by atoms with Crippen molar-refractivity contribution in [3.05, 3.63) is 62.4 Å². The lowest BCUT2D eigenvalue weighted by Gasteiger charge is -2.09. The van der Waals surface area contributed by atoms with Gasteiger partial charge in [-0.3, -0.25) is 4.79 Å². The van der Waals surface area contributed by atoms with Gasteiger partial charge in [-0.05, 0) is 62.4 Å². The molecule has 3 aromatic rings. The molecule has 2 aromatic carbocycles. The summed E-state index contributed by atoms with van der Waals surface area (Å²) in [5, 5.41) is 0. The molecule has 0 N–H and O–H groups in total. The number of carbonyl (C=O) groups is 1. The fourth-order valence-electron chi connectivity index (χ4n) is 3.46. The molecule has 0 aliphatic heterocycles. The molecule has 1 aromatic heterocycles. The zero-order valence-corrected chi connectivity index (χ0v) is 16.5. The fourth-order valence-corrected chi connectivity index (χ4v) is 4.64. The molecule has 0 atom stereocenters. The van der Waals surface area contributed by atoms with Gasteiger partial charge >= 0.3 is 0 Å². The van der Waals surface area contributed by atoms with Gasteiger partial charge in [-0.2, -0.15) is 4.99 Å². The van der Waals surface area contributed by atoms with Gasteiger partial charge in [0.1, 0.15) is 0 Å². The zero-order chi connectivity index (χ0) is 18.3. The van der Waals surface area contributed by atoms with Gasteiger partial charge in [0.2, 0.25) is 0 Å². The molecule has 0 saturated heterocycles. The van der Waals surface area contributed by atoms with Crippen molar-refractivity contribution in [2.24, 2.45) is 12.0 Å². The van der Waals surface area contributed by atoms with Crippen LogP contribution in [0.3, 0.4) is 0 Å². The number of aromatic nitrogens is 1. The molecule has 130 valence electrons. The van der Waals surface area contributed by atoms with Gasteiger partial charge in [0, 0.05) is 7.05 Å². The van der Waals surface area contributed by atoms with Crippen LogP contribution in [0.15, 0.2) is 29.3 Å². The Morgan fingerprint density at radius 2 is 1.60 bits per heavy atom. The van der Waals surface area contributed by atoms with E-state index in [2.05, 4.69) is 63.9 Å². The van der Waals surface area contributed by atoms with Gasteiger partial charge in [-0.15, -0.1) is 0 Å². The van der Waals surface area contributed by atoms with Crippen molar-refractivity contribution in [1.82, 2.24) is 4.57 Å². The molecule has 4 heteroatoms. The molecule has 0 aliphatic rings. The predicted molar refractivity (Wildman–Crippen MR) is 105 cm³/mol. The minimum absolute atomic E-state index is 0.0903. The summed E-state index contributed by atoms with van der Waals surface area (Å²) in [6.45, 7) is 10.4. The van der Waals surface area contributed by atoms with E-state index in [0.29, 0.717) is 6.42 Å². The average molecular weight is 353 g/mol. The molecule has 0 fully saturated rings. The summed E-state index contributed by atoms with van der Waals surface area (Å²) in [5.74, 6) is -0.0903. The van der Waals surface area contributed by atoms with Crippen LogP contribution in [0.5, 0.6) is 0 Å². The first-order chi connectivity index (χ1) is 11.8. The summed E-state index contributed by atoms with van der Waals surface area (Å²) >= 11 is 1.59. The van der Waals surface area contributed by atoms with E-state index in [1.807, 2.05) is 11.6 Å². The maximum Gasteiger partial charge on any atom is 0.252 e. The minimum atomic E-state index is -0.0903. The van der Waals surface area contributed by atoms with Crippen LogP contribution in [-0.2, 0) is 18.3 Å². The predicted octanol–water partition coefficient (Wildman–Crippen LogP) is 4.45. The molecule has 0 radical (unpaired) electrons. The van der Waals surface area contributed by atoms with Gasteiger partial charge in [-0.25, -0.2) is 0 Å². The van der Waals surface area contributed by atoms with Crippen LogP contribution in [-0.4, -0.2) is 10.5 Å². The molecule has 0 spiro atoms. The smallest absolute Gasteiger partial charge is 0.252 e. The zero-order valence-electron chi connectivity index (χ0n) is 15.7. The largest absolute Gasteiger partial charge is 0.319 e. The number of aryl methyl sites for hydroxylation is 6. The maximum atomic E-state index is 12.6. The Morgan fingerprint density at radius 1 is 1.00 bits per heavy atom. The molecule has 0 aliphatic carbocycles. The van der Waals surface area contributed by atoms with Crippen molar-refractivity contribution >= 4 is 27.5 Å². The highest BCUT2D eigenvalue weighted by molar-refractivity contribution is 7.16. The van der Waals surface area contributed by atoms with Gasteiger partial charge < -0.3 is 4.57 Å². The van der Waals surface area contributed by atoms with Gasteiger partial charge in [0.05, 0.1) is 16.6 Å². The van der Waals surface area contributed by atoms with E-state index in [1.54, 1.807) is 11.3 Å². The van der Waals surface area contributed by atoms with Crippen LogP contribution in [0.4, 0.5) is 0 Å². The lowest BCUT2D eigenvalue weighted by atomic mass is 9.97. The Morgan fingerprint density at radius 3 is 2.20 bits per heavy atom. The number of hydrogen-bond donors (Lipinski definition) is 0. The second-order valence-corrected chi connectivity index (χ2v) is 7.86. The molecule has 0 saturated carbocycles. The number of amides is 1. The average Bonchev–Trinajstić information content (AvgIpc) is 2.85. The summed E-state index contributed by atoms with van der Waals surface area (Å²) in [6, 6.07) is 8.50. The lowest BCUT2D eigenvalue weighted by molar-refractivity contribution is -0.117. The minimum Gasteiger partial charge on any atom is -0.319 e. The van der Waals surface area contributed by atoms with Crippen LogP contribution in [0.2, 0.25) is 0 Å². The second kappa shape index (κ2) is 6.60. The molecule has 3 nitrogen and oxygen atoms in total. The number of nitrogens with zero attached hydrogens (tertiary/aromatic N) is 2. The van der Waals surface area contributed by atoms with E-state index in [9.17, 15) is 4.79 Å². The Labute approximate surface area is 152 Å². The van der Waals surface area contributed by atoms with E-state index in [4.69, 9.17) is 0 Å². The Bertz CT molecular complexity index is 1030. The van der Waals surface area contributed by atoms with Gasteiger partial charge in [0.15, 0.2) is 4.80 Å². The van der Waals surface area contributed by atoms with E-state index < -0.39 is 0 Å². The van der Waals surface area contributed by atoms with E-state index in [1.165, 1.54) is 26.9 Å². The Kier molecular flexibility index (Phi) is 4.65. The number of rotatable bonds is 2. The van der Waals surface area contributed by atoms with Crippen molar-refractivity contribution in [2.75, 3.05) is 0 Å². The molecule has 0 unspecified atom stereocenters. The summed E-state index contributed by atoms with van der Waals surface area (Å²) < 4.78 is 3.24. The fraction of sp³-hybridized carbons (Fsp3) is 0.333. The third-order valence-corrected chi connectivity index (χ3v) is 6.00. The first-order valence-corrected chi connectivity index (χ1v) is 9.29. The molecule has 3 rings (SSSR count). The first-order valence-electron chi connectivity index (χ1n) is 8.48. The highest BCUT2D eigenvalue weighted by Crippen LogP contribution is 2.24. The molecular weight excluding hydrogens is 328 g/mol. The van der Waals surface area contributed by atoms with Crippen LogP contribution < -0.4 is 4.80 Å². The highest BCUT2D eigenvalue weighted by atomic mass is 32.1. The van der Waals surface area contributed by atoms with Crippen LogP contribution in [0, 0.1) is 34.6 Å². The molecule has 25 heavy (non-hydrogen) atoms. The van der Waals surface area contributed by atoms with Gasteiger partial charge in [-0.1, -0.05) is 41.2 Å². The maximum absolute atomic E-state index is 12.6. The normalized spacial score (nSPS) is 12.2. The van der Waals surface area contributed by atoms with E-state index in [-0.39, 0.29) is 5.91 Å². The van der Waals surface area contributed by atoms with E-state index in [0.717, 1.165) is 21.5 Å². The molecule has 0 bridgehead atoms. The number of hydrogen-bond acceptors (Lipinski definition) is 2. The summed E-state index contributed by atoms with van der Waals surface area (Å²) in [6.07, 6.45) is 0.351. The quantitative estimate of drug-likeness (QED) is 0.671.